The third-order valence-electron chi connectivity index (χ3n) is 6.23. The molecule has 1 aliphatic heterocycles. The number of halogens is 1. The van der Waals surface area contributed by atoms with Gasteiger partial charge in [0, 0.05) is 42.2 Å². The topological polar surface area (TPSA) is 57.3 Å². The lowest BCUT2D eigenvalue weighted by Gasteiger charge is -2.35. The fourth-order valence-electron chi connectivity index (χ4n) is 4.23. The third kappa shape index (κ3) is 6.12. The van der Waals surface area contributed by atoms with E-state index in [4.69, 9.17) is 11.6 Å². The van der Waals surface area contributed by atoms with Crippen molar-refractivity contribution in [3.8, 4) is 0 Å². The Morgan fingerprint density at radius 3 is 2.24 bits per heavy atom. The molecule has 172 valence electrons. The first kappa shape index (κ1) is 23.3. The summed E-state index contributed by atoms with van der Waals surface area (Å²) < 4.78 is 0. The molecule has 5 nitrogen and oxygen atoms in total. The number of urea groups is 1. The summed E-state index contributed by atoms with van der Waals surface area (Å²) in [5, 5.41) is 7.55. The van der Waals surface area contributed by atoms with Crippen molar-refractivity contribution in [1.82, 2.24) is 15.2 Å². The van der Waals surface area contributed by atoms with E-state index < -0.39 is 0 Å². The minimum absolute atomic E-state index is 0.0285. The Hall–Kier alpha value is -2.89. The number of hydrogen-bond acceptors (Lipinski definition) is 3. The predicted octanol–water partition coefficient (Wildman–Crippen LogP) is 6.23. The Morgan fingerprint density at radius 1 is 0.970 bits per heavy atom. The Labute approximate surface area is 201 Å². The zero-order valence-electron chi connectivity index (χ0n) is 19.2. The smallest absolute Gasteiger partial charge is 0.321 e. The van der Waals surface area contributed by atoms with Crippen molar-refractivity contribution in [2.24, 2.45) is 0 Å². The molecule has 2 aromatic carbocycles. The summed E-state index contributed by atoms with van der Waals surface area (Å²) in [6.07, 6.45) is 5.48. The molecule has 0 spiro atoms. The molecule has 0 saturated carbocycles. The molecule has 0 aliphatic carbocycles. The summed E-state index contributed by atoms with van der Waals surface area (Å²) in [5.74, 6) is 0.477. The number of aromatic nitrogens is 1. The van der Waals surface area contributed by atoms with E-state index in [9.17, 15) is 4.79 Å². The van der Waals surface area contributed by atoms with Gasteiger partial charge in [0.1, 0.15) is 0 Å². The van der Waals surface area contributed by atoms with E-state index in [0.717, 1.165) is 34.7 Å². The summed E-state index contributed by atoms with van der Waals surface area (Å²) in [5.41, 5.74) is 4.37. The van der Waals surface area contributed by atoms with Gasteiger partial charge in [-0.15, -0.1) is 0 Å². The van der Waals surface area contributed by atoms with Crippen LogP contribution in [0.2, 0.25) is 5.02 Å². The molecule has 1 unspecified atom stereocenters. The van der Waals surface area contributed by atoms with Crippen LogP contribution in [0.15, 0.2) is 73.1 Å². The lowest BCUT2D eigenvalue weighted by atomic mass is 9.96. The zero-order chi connectivity index (χ0) is 23.2. The number of benzene rings is 2. The van der Waals surface area contributed by atoms with Gasteiger partial charge in [-0.05, 0) is 65.8 Å². The summed E-state index contributed by atoms with van der Waals surface area (Å²) >= 11 is 6.10. The first-order valence-corrected chi connectivity index (χ1v) is 11.9. The van der Waals surface area contributed by atoms with Gasteiger partial charge in [-0.2, -0.15) is 0 Å². The second-order valence-electron chi connectivity index (χ2n) is 8.91. The number of piperidine rings is 1. The molecule has 0 radical (unpaired) electrons. The van der Waals surface area contributed by atoms with Gasteiger partial charge in [0.05, 0.1) is 6.04 Å². The maximum absolute atomic E-state index is 12.8. The standard InChI is InChI=1S/C27H31ClN4O/c1-19(2)20-7-11-24(12-8-20)31-27(33)32-16-13-25(14-17-32)30-26(22-4-3-15-29-18-22)21-5-9-23(28)10-6-21/h3-12,15,18-19,25-26,30H,13-14,16-17H2,1-2H3,(H,31,33). The van der Waals surface area contributed by atoms with Crippen molar-refractivity contribution in [3.63, 3.8) is 0 Å². The number of amides is 2. The maximum Gasteiger partial charge on any atom is 0.321 e. The molecule has 1 aliphatic rings. The zero-order valence-corrected chi connectivity index (χ0v) is 19.9. The molecule has 1 saturated heterocycles. The number of likely N-dealkylation sites (tertiary alicyclic amines) is 1. The van der Waals surface area contributed by atoms with Gasteiger partial charge >= 0.3 is 6.03 Å². The normalized spacial score (nSPS) is 15.5. The molecular weight excluding hydrogens is 432 g/mol. The number of hydrogen-bond donors (Lipinski definition) is 2. The average Bonchev–Trinajstić information content (AvgIpc) is 2.84. The highest BCUT2D eigenvalue weighted by Gasteiger charge is 2.26. The molecule has 6 heteroatoms. The summed E-state index contributed by atoms with van der Waals surface area (Å²) in [6, 6.07) is 20.4. The number of carbonyl (C=O) groups excluding carboxylic acids is 1. The van der Waals surface area contributed by atoms with Crippen LogP contribution in [0.5, 0.6) is 0 Å². The number of rotatable bonds is 6. The van der Waals surface area contributed by atoms with Crippen LogP contribution in [-0.4, -0.2) is 35.0 Å². The van der Waals surface area contributed by atoms with Crippen LogP contribution in [0, 0.1) is 0 Å². The van der Waals surface area contributed by atoms with Crippen LogP contribution in [0.1, 0.15) is 55.3 Å². The van der Waals surface area contributed by atoms with E-state index in [-0.39, 0.29) is 12.1 Å². The third-order valence-corrected chi connectivity index (χ3v) is 6.49. The Kier molecular flexibility index (Phi) is 7.63. The first-order valence-electron chi connectivity index (χ1n) is 11.6. The molecule has 4 rings (SSSR count). The van der Waals surface area contributed by atoms with Gasteiger partial charge in [-0.1, -0.05) is 55.8 Å². The Morgan fingerprint density at radius 2 is 1.64 bits per heavy atom. The van der Waals surface area contributed by atoms with Gasteiger partial charge in [0.25, 0.3) is 0 Å². The predicted molar refractivity (Wildman–Crippen MR) is 135 cm³/mol. The van der Waals surface area contributed by atoms with E-state index in [1.165, 1.54) is 5.56 Å². The van der Waals surface area contributed by atoms with E-state index in [1.54, 1.807) is 6.20 Å². The Balaban J connectivity index is 1.36. The van der Waals surface area contributed by atoms with Crippen molar-refractivity contribution < 1.29 is 4.79 Å². The molecule has 2 heterocycles. The SMILES string of the molecule is CC(C)c1ccc(NC(=O)N2CCC(NC(c3ccc(Cl)cc3)c3cccnc3)CC2)cc1. The number of anilines is 1. The molecular formula is C27H31ClN4O. The van der Waals surface area contributed by atoms with Crippen molar-refractivity contribution in [2.75, 3.05) is 18.4 Å². The van der Waals surface area contributed by atoms with E-state index >= 15 is 0 Å². The van der Waals surface area contributed by atoms with Crippen LogP contribution in [0.3, 0.4) is 0 Å². The van der Waals surface area contributed by atoms with E-state index in [2.05, 4.69) is 59.8 Å². The minimum Gasteiger partial charge on any atom is -0.324 e. The first-order chi connectivity index (χ1) is 16.0. The Bertz CT molecular complexity index is 1030. The maximum atomic E-state index is 12.8. The number of carbonyl (C=O) groups is 1. The van der Waals surface area contributed by atoms with E-state index in [0.29, 0.717) is 25.0 Å². The van der Waals surface area contributed by atoms with Crippen LogP contribution >= 0.6 is 11.6 Å². The fourth-order valence-corrected chi connectivity index (χ4v) is 4.35. The highest BCUT2D eigenvalue weighted by atomic mass is 35.5. The molecule has 33 heavy (non-hydrogen) atoms. The lowest BCUT2D eigenvalue weighted by Crippen LogP contribution is -2.47. The largest absolute Gasteiger partial charge is 0.324 e. The molecule has 0 bridgehead atoms. The van der Waals surface area contributed by atoms with Crippen molar-refractivity contribution in [2.45, 2.75) is 44.7 Å². The minimum atomic E-state index is -0.0349. The van der Waals surface area contributed by atoms with Crippen LogP contribution in [0.4, 0.5) is 10.5 Å². The quantitative estimate of drug-likeness (QED) is 0.456. The second kappa shape index (κ2) is 10.8. The number of nitrogens with one attached hydrogen (secondary N) is 2. The molecule has 2 amide bonds. The van der Waals surface area contributed by atoms with Gasteiger partial charge in [-0.25, -0.2) is 4.79 Å². The van der Waals surface area contributed by atoms with Crippen molar-refractivity contribution in [3.05, 3.63) is 94.8 Å². The number of pyridine rings is 1. The van der Waals surface area contributed by atoms with Crippen LogP contribution < -0.4 is 10.6 Å². The molecule has 3 aromatic rings. The van der Waals surface area contributed by atoms with Gasteiger partial charge in [0.2, 0.25) is 0 Å². The summed E-state index contributed by atoms with van der Waals surface area (Å²) in [4.78, 5) is 19.0. The van der Waals surface area contributed by atoms with Crippen LogP contribution in [-0.2, 0) is 0 Å². The monoisotopic (exact) mass is 462 g/mol. The van der Waals surface area contributed by atoms with Crippen molar-refractivity contribution >= 4 is 23.3 Å². The fraction of sp³-hybridized carbons (Fsp3) is 0.333. The molecule has 1 atom stereocenters. The van der Waals surface area contributed by atoms with E-state index in [1.807, 2.05) is 41.4 Å². The summed E-state index contributed by atoms with van der Waals surface area (Å²) in [7, 11) is 0. The van der Waals surface area contributed by atoms with Gasteiger partial charge in [-0.3, -0.25) is 4.98 Å². The lowest BCUT2D eigenvalue weighted by molar-refractivity contribution is 0.187. The molecule has 1 fully saturated rings. The summed E-state index contributed by atoms with van der Waals surface area (Å²) in [6.45, 7) is 5.76. The highest BCUT2D eigenvalue weighted by Crippen LogP contribution is 2.26. The molecule has 1 aromatic heterocycles. The van der Waals surface area contributed by atoms with Gasteiger partial charge < -0.3 is 15.5 Å². The second-order valence-corrected chi connectivity index (χ2v) is 9.34. The molecule has 2 N–H and O–H groups in total. The number of nitrogens with zero attached hydrogens (tertiary/aromatic N) is 2. The van der Waals surface area contributed by atoms with Crippen LogP contribution in [0.25, 0.3) is 0 Å². The van der Waals surface area contributed by atoms with Gasteiger partial charge in [0.15, 0.2) is 0 Å². The van der Waals surface area contributed by atoms with Crippen molar-refractivity contribution in [1.29, 1.82) is 0 Å². The highest BCUT2D eigenvalue weighted by molar-refractivity contribution is 6.30. The average molecular weight is 463 g/mol.